The summed E-state index contributed by atoms with van der Waals surface area (Å²) in [5.41, 5.74) is -0.901. The highest BCUT2D eigenvalue weighted by atomic mass is 16.2. The Bertz CT molecular complexity index is 324. The summed E-state index contributed by atoms with van der Waals surface area (Å²) in [5.74, 6) is 0.652. The summed E-state index contributed by atoms with van der Waals surface area (Å²) in [6.07, 6.45) is 3.50. The Kier molecular flexibility index (Phi) is 5.15. The van der Waals surface area contributed by atoms with Gasteiger partial charge in [-0.1, -0.05) is 0 Å². The second-order valence-corrected chi connectivity index (χ2v) is 6.00. The third-order valence-corrected chi connectivity index (χ3v) is 3.87. The van der Waals surface area contributed by atoms with Crippen LogP contribution in [0.5, 0.6) is 0 Å². The van der Waals surface area contributed by atoms with Gasteiger partial charge in [0.05, 0.1) is 6.07 Å². The first kappa shape index (κ1) is 15.0. The van der Waals surface area contributed by atoms with Crippen LogP contribution in [0.4, 0.5) is 0 Å². The van der Waals surface area contributed by atoms with E-state index < -0.39 is 5.41 Å². The Morgan fingerprint density at radius 2 is 2.00 bits per heavy atom. The van der Waals surface area contributed by atoms with Gasteiger partial charge in [0.15, 0.2) is 0 Å². The van der Waals surface area contributed by atoms with E-state index in [0.29, 0.717) is 0 Å². The first-order chi connectivity index (χ1) is 8.36. The molecule has 0 spiro atoms. The van der Waals surface area contributed by atoms with Gasteiger partial charge in [0, 0.05) is 13.6 Å². The fourth-order valence-electron chi connectivity index (χ4n) is 2.35. The van der Waals surface area contributed by atoms with Crippen molar-refractivity contribution in [1.29, 1.82) is 5.26 Å². The molecule has 1 heterocycles. The molecule has 18 heavy (non-hydrogen) atoms. The van der Waals surface area contributed by atoms with Gasteiger partial charge in [-0.25, -0.2) is 0 Å². The van der Waals surface area contributed by atoms with Gasteiger partial charge in [0.25, 0.3) is 0 Å². The number of hydrogen-bond acceptors (Lipinski definition) is 3. The quantitative estimate of drug-likeness (QED) is 0.764. The predicted octanol–water partition coefficient (Wildman–Crippen LogP) is 1.73. The van der Waals surface area contributed by atoms with Gasteiger partial charge in [-0.15, -0.1) is 0 Å². The zero-order valence-electron chi connectivity index (χ0n) is 12.1. The largest absolute Gasteiger partial charge is 0.344 e. The maximum Gasteiger partial charge on any atom is 0.242 e. The Balaban J connectivity index is 2.35. The van der Waals surface area contributed by atoms with Crippen molar-refractivity contribution in [1.82, 2.24) is 9.80 Å². The zero-order chi connectivity index (χ0) is 13.8. The minimum Gasteiger partial charge on any atom is -0.344 e. The van der Waals surface area contributed by atoms with E-state index in [9.17, 15) is 4.79 Å². The Morgan fingerprint density at radius 3 is 2.50 bits per heavy atom. The van der Waals surface area contributed by atoms with E-state index in [1.54, 1.807) is 25.8 Å². The van der Waals surface area contributed by atoms with Gasteiger partial charge in [0.1, 0.15) is 5.41 Å². The minimum absolute atomic E-state index is 0.0714. The molecule has 0 unspecified atom stereocenters. The molecule has 4 nitrogen and oxygen atoms in total. The molecule has 1 saturated heterocycles. The molecule has 0 N–H and O–H groups in total. The molecule has 0 aliphatic carbocycles. The van der Waals surface area contributed by atoms with Gasteiger partial charge >= 0.3 is 0 Å². The first-order valence-electron chi connectivity index (χ1n) is 6.72. The van der Waals surface area contributed by atoms with Crippen molar-refractivity contribution in [2.75, 3.05) is 33.7 Å². The second-order valence-electron chi connectivity index (χ2n) is 6.00. The number of nitrogens with zero attached hydrogens (tertiary/aromatic N) is 3. The smallest absolute Gasteiger partial charge is 0.242 e. The number of rotatable bonds is 4. The van der Waals surface area contributed by atoms with Crippen molar-refractivity contribution in [3.63, 3.8) is 0 Å². The summed E-state index contributed by atoms with van der Waals surface area (Å²) in [7, 11) is 3.96. The van der Waals surface area contributed by atoms with E-state index in [0.717, 1.165) is 32.0 Å². The van der Waals surface area contributed by atoms with Crippen LogP contribution >= 0.6 is 0 Å². The second kappa shape index (κ2) is 6.19. The molecule has 0 aromatic heterocycles. The molecule has 0 aromatic rings. The normalized spacial score (nSPS) is 18.4. The highest BCUT2D eigenvalue weighted by molar-refractivity contribution is 5.84. The molecular weight excluding hydrogens is 226 g/mol. The maximum absolute atomic E-state index is 12.0. The van der Waals surface area contributed by atoms with Crippen LogP contribution in [0.25, 0.3) is 0 Å². The predicted molar refractivity (Wildman–Crippen MR) is 71.9 cm³/mol. The number of amides is 1. The monoisotopic (exact) mass is 251 g/mol. The number of carbonyl (C=O) groups excluding carboxylic acids is 1. The van der Waals surface area contributed by atoms with Crippen LogP contribution in [0.1, 0.15) is 33.1 Å². The van der Waals surface area contributed by atoms with Crippen molar-refractivity contribution in [3.05, 3.63) is 0 Å². The molecule has 0 atom stereocenters. The molecule has 1 aliphatic heterocycles. The zero-order valence-corrected chi connectivity index (χ0v) is 12.1. The Morgan fingerprint density at radius 1 is 1.44 bits per heavy atom. The summed E-state index contributed by atoms with van der Waals surface area (Å²) in [6, 6.07) is 2.07. The third kappa shape index (κ3) is 3.99. The molecule has 0 aromatic carbocycles. The average Bonchev–Trinajstić information content (AvgIpc) is 2.36. The van der Waals surface area contributed by atoms with Crippen molar-refractivity contribution >= 4 is 5.91 Å². The van der Waals surface area contributed by atoms with Crippen LogP contribution in [-0.2, 0) is 4.79 Å². The molecule has 1 aliphatic rings. The molecule has 1 amide bonds. The summed E-state index contributed by atoms with van der Waals surface area (Å²) in [4.78, 5) is 16.1. The lowest BCUT2D eigenvalue weighted by Gasteiger charge is -2.31. The van der Waals surface area contributed by atoms with E-state index >= 15 is 0 Å². The molecule has 102 valence electrons. The van der Waals surface area contributed by atoms with Crippen LogP contribution in [0.2, 0.25) is 0 Å². The highest BCUT2D eigenvalue weighted by Gasteiger charge is 2.30. The summed E-state index contributed by atoms with van der Waals surface area (Å²) in [6.45, 7) is 6.44. The Labute approximate surface area is 111 Å². The van der Waals surface area contributed by atoms with Gasteiger partial charge in [0.2, 0.25) is 5.91 Å². The fraction of sp³-hybridized carbons (Fsp3) is 0.857. The van der Waals surface area contributed by atoms with Crippen LogP contribution < -0.4 is 0 Å². The number of nitriles is 1. The van der Waals surface area contributed by atoms with Gasteiger partial charge in [-0.3, -0.25) is 4.79 Å². The number of likely N-dealkylation sites (tertiary alicyclic amines) is 1. The number of hydrogen-bond donors (Lipinski definition) is 0. The number of carbonyl (C=O) groups is 1. The van der Waals surface area contributed by atoms with E-state index in [2.05, 4.69) is 18.0 Å². The standard InChI is InChI=1S/C14H25N3O/c1-14(2,11-15)13(18)17(4)10-7-12-5-8-16(3)9-6-12/h12H,5-10H2,1-4H3. The summed E-state index contributed by atoms with van der Waals surface area (Å²) >= 11 is 0. The van der Waals surface area contributed by atoms with Crippen LogP contribution in [-0.4, -0.2) is 49.4 Å². The summed E-state index contributed by atoms with van der Waals surface area (Å²) < 4.78 is 0. The minimum atomic E-state index is -0.901. The molecule has 1 rings (SSSR count). The Hall–Kier alpha value is -1.08. The summed E-state index contributed by atoms with van der Waals surface area (Å²) in [5, 5.41) is 8.96. The topological polar surface area (TPSA) is 47.3 Å². The first-order valence-corrected chi connectivity index (χ1v) is 6.72. The van der Waals surface area contributed by atoms with Crippen molar-refractivity contribution in [2.45, 2.75) is 33.1 Å². The highest BCUT2D eigenvalue weighted by Crippen LogP contribution is 2.21. The fourth-order valence-corrected chi connectivity index (χ4v) is 2.35. The van der Waals surface area contributed by atoms with Gasteiger partial charge in [-0.2, -0.15) is 5.26 Å². The lowest BCUT2D eigenvalue weighted by molar-refractivity contribution is -0.136. The molecule has 0 bridgehead atoms. The van der Waals surface area contributed by atoms with E-state index in [4.69, 9.17) is 5.26 Å². The van der Waals surface area contributed by atoms with Gasteiger partial charge in [-0.05, 0) is 59.2 Å². The van der Waals surface area contributed by atoms with Crippen LogP contribution in [0, 0.1) is 22.7 Å². The maximum atomic E-state index is 12.0. The van der Waals surface area contributed by atoms with E-state index in [1.807, 2.05) is 0 Å². The average molecular weight is 251 g/mol. The van der Waals surface area contributed by atoms with Crippen molar-refractivity contribution in [2.24, 2.45) is 11.3 Å². The third-order valence-electron chi connectivity index (χ3n) is 3.87. The molecule has 0 radical (unpaired) electrons. The molecule has 1 fully saturated rings. The molecule has 4 heteroatoms. The SMILES string of the molecule is CN1CCC(CCN(C)C(=O)C(C)(C)C#N)CC1. The molecular formula is C14H25N3O. The van der Waals surface area contributed by atoms with E-state index in [1.165, 1.54) is 12.8 Å². The van der Waals surface area contributed by atoms with Crippen molar-refractivity contribution < 1.29 is 4.79 Å². The lowest BCUT2D eigenvalue weighted by atomic mass is 9.92. The van der Waals surface area contributed by atoms with Crippen LogP contribution in [0.3, 0.4) is 0 Å². The number of piperidine rings is 1. The lowest BCUT2D eigenvalue weighted by Crippen LogP contribution is -2.39. The van der Waals surface area contributed by atoms with E-state index in [-0.39, 0.29) is 5.91 Å². The van der Waals surface area contributed by atoms with Crippen LogP contribution in [0.15, 0.2) is 0 Å². The van der Waals surface area contributed by atoms with Gasteiger partial charge < -0.3 is 9.80 Å². The van der Waals surface area contributed by atoms with Crippen molar-refractivity contribution in [3.8, 4) is 6.07 Å². The molecule has 0 saturated carbocycles.